The van der Waals surface area contributed by atoms with Crippen LogP contribution in [0.15, 0.2) is 47.0 Å². The lowest BCUT2D eigenvalue weighted by Crippen LogP contribution is -2.27. The molecule has 4 N–H and O–H groups in total. The number of thiophene rings is 1. The number of benzene rings is 1. The van der Waals surface area contributed by atoms with Crippen molar-refractivity contribution >= 4 is 28.7 Å². The van der Waals surface area contributed by atoms with Crippen molar-refractivity contribution in [3.05, 3.63) is 53.2 Å². The molecule has 0 radical (unpaired) electrons. The molecular formula is C21H21N7OS. The van der Waals surface area contributed by atoms with Crippen molar-refractivity contribution in [3.63, 3.8) is 0 Å². The highest BCUT2D eigenvalue weighted by Crippen LogP contribution is 2.36. The third kappa shape index (κ3) is 3.13. The maximum Gasteiger partial charge on any atom is 0.161 e. The molecule has 5 rings (SSSR count). The van der Waals surface area contributed by atoms with Crippen LogP contribution in [0.4, 0.5) is 11.5 Å². The van der Waals surface area contributed by atoms with Crippen molar-refractivity contribution in [1.29, 1.82) is 0 Å². The van der Waals surface area contributed by atoms with Gasteiger partial charge in [-0.25, -0.2) is 4.99 Å². The van der Waals surface area contributed by atoms with Gasteiger partial charge in [-0.2, -0.15) is 10.2 Å². The van der Waals surface area contributed by atoms with Crippen LogP contribution in [-0.4, -0.2) is 39.5 Å². The van der Waals surface area contributed by atoms with E-state index in [1.54, 1.807) is 24.6 Å². The van der Waals surface area contributed by atoms with Gasteiger partial charge < -0.3 is 15.4 Å². The second-order valence-electron chi connectivity index (χ2n) is 7.08. The molecule has 0 fully saturated rings. The zero-order valence-corrected chi connectivity index (χ0v) is 17.6. The molecule has 4 aromatic rings. The molecule has 4 heterocycles. The molecule has 9 heteroatoms. The standard InChI is InChI=1S/C21H21N7OS/c1-11-6-7-30-19(11)13-4-5-16(29-3)15(8-13)26-20-17-18(14-9-22-23-10-14)27-28-21(17)25-12(2)24-20/h4-10,12H,1-3H3,(H,22,23)(H,24,26)(H2,25,27,28). The summed E-state index contributed by atoms with van der Waals surface area (Å²) < 4.78 is 5.62. The lowest BCUT2D eigenvalue weighted by Gasteiger charge is -2.22. The first-order valence-electron chi connectivity index (χ1n) is 9.56. The Morgan fingerprint density at radius 1 is 1.20 bits per heavy atom. The molecule has 152 valence electrons. The van der Waals surface area contributed by atoms with Crippen LogP contribution in [0.2, 0.25) is 0 Å². The summed E-state index contributed by atoms with van der Waals surface area (Å²) >= 11 is 1.73. The second-order valence-corrected chi connectivity index (χ2v) is 8.00. The lowest BCUT2D eigenvalue weighted by atomic mass is 10.1. The van der Waals surface area contributed by atoms with Gasteiger partial charge in [0.05, 0.1) is 30.3 Å². The van der Waals surface area contributed by atoms with Gasteiger partial charge in [-0.15, -0.1) is 11.3 Å². The number of nitrogens with one attached hydrogen (secondary N) is 4. The van der Waals surface area contributed by atoms with Crippen LogP contribution < -0.4 is 15.4 Å². The van der Waals surface area contributed by atoms with Gasteiger partial charge in [-0.05, 0) is 54.6 Å². The van der Waals surface area contributed by atoms with Crippen molar-refractivity contribution < 1.29 is 4.74 Å². The molecule has 1 aliphatic rings. The van der Waals surface area contributed by atoms with Crippen LogP contribution in [0.1, 0.15) is 18.1 Å². The Morgan fingerprint density at radius 3 is 2.83 bits per heavy atom. The number of hydrogen-bond acceptors (Lipinski definition) is 7. The molecule has 0 saturated heterocycles. The number of nitrogens with zero attached hydrogens (tertiary/aromatic N) is 3. The summed E-state index contributed by atoms with van der Waals surface area (Å²) in [5.74, 6) is 2.22. The van der Waals surface area contributed by atoms with Crippen LogP contribution in [-0.2, 0) is 0 Å². The van der Waals surface area contributed by atoms with Crippen LogP contribution in [0.25, 0.3) is 21.7 Å². The van der Waals surface area contributed by atoms with Gasteiger partial charge in [0, 0.05) is 16.6 Å². The minimum atomic E-state index is -0.116. The Bertz CT molecular complexity index is 1220. The number of fused-ring (bicyclic) bond motifs is 1. The summed E-state index contributed by atoms with van der Waals surface area (Å²) in [6.45, 7) is 4.11. The topological polar surface area (TPSA) is 103 Å². The van der Waals surface area contributed by atoms with Gasteiger partial charge in [0.25, 0.3) is 0 Å². The molecule has 0 amide bonds. The molecule has 3 aromatic heterocycles. The average Bonchev–Trinajstić information content (AvgIpc) is 3.48. The third-order valence-electron chi connectivity index (χ3n) is 5.04. The van der Waals surface area contributed by atoms with Gasteiger partial charge >= 0.3 is 0 Å². The fraction of sp³-hybridized carbons (Fsp3) is 0.190. The number of methoxy groups -OCH3 is 1. The molecule has 0 bridgehead atoms. The van der Waals surface area contributed by atoms with E-state index in [-0.39, 0.29) is 6.17 Å². The van der Waals surface area contributed by atoms with E-state index >= 15 is 0 Å². The first-order chi connectivity index (χ1) is 14.6. The summed E-state index contributed by atoms with van der Waals surface area (Å²) in [6.07, 6.45) is 3.46. The van der Waals surface area contributed by atoms with Crippen LogP contribution in [0.3, 0.4) is 0 Å². The number of H-pyrrole nitrogens is 2. The molecule has 1 unspecified atom stereocenters. The van der Waals surface area contributed by atoms with E-state index in [0.717, 1.165) is 45.5 Å². The normalized spacial score (nSPS) is 15.3. The van der Waals surface area contributed by atoms with Crippen molar-refractivity contribution in [1.82, 2.24) is 20.4 Å². The predicted molar refractivity (Wildman–Crippen MR) is 120 cm³/mol. The SMILES string of the molecule is COc1ccc(-c2sccc2C)cc1NC1=NC(C)Nc2n[nH]c(-c3cn[nH]c3)c21. The number of rotatable bonds is 4. The van der Waals surface area contributed by atoms with Crippen LogP contribution in [0.5, 0.6) is 5.75 Å². The fourth-order valence-corrected chi connectivity index (χ4v) is 4.52. The first kappa shape index (κ1) is 18.4. The highest BCUT2D eigenvalue weighted by atomic mass is 32.1. The molecule has 1 atom stereocenters. The molecule has 0 spiro atoms. The van der Waals surface area contributed by atoms with Gasteiger partial charge in [0.2, 0.25) is 0 Å². The Labute approximate surface area is 177 Å². The zero-order chi connectivity index (χ0) is 20.7. The molecule has 1 aliphatic heterocycles. The molecule has 1 aromatic carbocycles. The summed E-state index contributed by atoms with van der Waals surface area (Å²) in [5.41, 5.74) is 5.85. The number of anilines is 2. The number of amidine groups is 1. The van der Waals surface area contributed by atoms with E-state index < -0.39 is 0 Å². The number of aromatic nitrogens is 4. The third-order valence-corrected chi connectivity index (χ3v) is 6.10. The van der Waals surface area contributed by atoms with Crippen LogP contribution in [0, 0.1) is 6.92 Å². The number of aryl methyl sites for hydroxylation is 1. The number of aliphatic imine (C=N–C) groups is 1. The summed E-state index contributed by atoms with van der Waals surface area (Å²) in [4.78, 5) is 6.04. The lowest BCUT2D eigenvalue weighted by molar-refractivity contribution is 0.417. The van der Waals surface area contributed by atoms with Crippen LogP contribution >= 0.6 is 11.3 Å². The summed E-state index contributed by atoms with van der Waals surface area (Å²) in [5, 5.41) is 23.3. The van der Waals surface area contributed by atoms with Gasteiger partial charge in [0.1, 0.15) is 17.8 Å². The number of ether oxygens (including phenoxy) is 1. The van der Waals surface area contributed by atoms with E-state index in [1.807, 2.05) is 19.2 Å². The Morgan fingerprint density at radius 2 is 2.10 bits per heavy atom. The van der Waals surface area contributed by atoms with Crippen molar-refractivity contribution in [2.24, 2.45) is 4.99 Å². The summed E-state index contributed by atoms with van der Waals surface area (Å²) in [7, 11) is 1.67. The van der Waals surface area contributed by atoms with Gasteiger partial charge in [0.15, 0.2) is 5.82 Å². The van der Waals surface area contributed by atoms with E-state index in [9.17, 15) is 0 Å². The van der Waals surface area contributed by atoms with E-state index in [1.165, 1.54) is 10.4 Å². The monoisotopic (exact) mass is 419 g/mol. The van der Waals surface area contributed by atoms with Gasteiger partial charge in [-0.3, -0.25) is 10.2 Å². The minimum absolute atomic E-state index is 0.116. The largest absolute Gasteiger partial charge is 0.495 e. The van der Waals surface area contributed by atoms with Crippen molar-refractivity contribution in [2.75, 3.05) is 17.7 Å². The molecule has 0 saturated carbocycles. The van der Waals surface area contributed by atoms with Crippen molar-refractivity contribution in [2.45, 2.75) is 20.0 Å². The predicted octanol–water partition coefficient (Wildman–Crippen LogP) is 4.48. The maximum absolute atomic E-state index is 5.62. The Hall–Kier alpha value is -3.59. The second kappa shape index (κ2) is 7.34. The fourth-order valence-electron chi connectivity index (χ4n) is 3.60. The van der Waals surface area contributed by atoms with E-state index in [0.29, 0.717) is 0 Å². The Kier molecular flexibility index (Phi) is 4.51. The zero-order valence-electron chi connectivity index (χ0n) is 16.8. The number of aromatic amines is 2. The minimum Gasteiger partial charge on any atom is -0.495 e. The van der Waals surface area contributed by atoms with E-state index in [2.05, 4.69) is 61.5 Å². The summed E-state index contributed by atoms with van der Waals surface area (Å²) in [6, 6.07) is 8.29. The first-order valence-corrected chi connectivity index (χ1v) is 10.4. The smallest absolute Gasteiger partial charge is 0.161 e. The number of hydrogen-bond donors (Lipinski definition) is 4. The average molecular weight is 420 g/mol. The molecule has 8 nitrogen and oxygen atoms in total. The highest BCUT2D eigenvalue weighted by molar-refractivity contribution is 7.13. The van der Waals surface area contributed by atoms with Gasteiger partial charge in [-0.1, -0.05) is 0 Å². The van der Waals surface area contributed by atoms with E-state index in [4.69, 9.17) is 9.73 Å². The molecular weight excluding hydrogens is 398 g/mol. The highest BCUT2D eigenvalue weighted by Gasteiger charge is 2.26. The molecule has 30 heavy (non-hydrogen) atoms. The quantitative estimate of drug-likeness (QED) is 0.391. The maximum atomic E-state index is 5.62. The Balaban J connectivity index is 1.58. The van der Waals surface area contributed by atoms with Crippen molar-refractivity contribution in [3.8, 4) is 27.4 Å². The molecule has 0 aliphatic carbocycles.